The number of rotatable bonds is 3. The Bertz CT molecular complexity index is 1260. The molecule has 2 N–H and O–H groups in total. The van der Waals surface area contributed by atoms with Crippen LogP contribution in [0.25, 0.3) is 16.6 Å². The van der Waals surface area contributed by atoms with Crippen LogP contribution in [0.3, 0.4) is 0 Å². The lowest BCUT2D eigenvalue weighted by molar-refractivity contribution is 0.400. The zero-order chi connectivity index (χ0) is 20.4. The van der Waals surface area contributed by atoms with Gasteiger partial charge in [-0.15, -0.1) is 5.10 Å². The molecular weight excluding hydrogens is 380 g/mol. The second-order valence-corrected chi connectivity index (χ2v) is 8.29. The predicted octanol–water partition coefficient (Wildman–Crippen LogP) is 2.52. The van der Waals surface area contributed by atoms with Crippen molar-refractivity contribution in [3.8, 4) is 5.75 Å². The van der Waals surface area contributed by atoms with Gasteiger partial charge in [0, 0.05) is 36.6 Å². The molecule has 9 heteroatoms. The van der Waals surface area contributed by atoms with Crippen molar-refractivity contribution in [2.45, 2.75) is 43.7 Å². The molecular formula is C21H24N8O. The van der Waals surface area contributed by atoms with E-state index >= 15 is 0 Å². The maximum absolute atomic E-state index is 6.26. The number of hydrogen-bond acceptors (Lipinski definition) is 7. The molecule has 30 heavy (non-hydrogen) atoms. The number of nitrogens with two attached hydrogens (primary N) is 1. The Morgan fingerprint density at radius 3 is 2.80 bits per heavy atom. The van der Waals surface area contributed by atoms with Crippen LogP contribution in [0.4, 0.5) is 11.6 Å². The minimum absolute atomic E-state index is 0.254. The summed E-state index contributed by atoms with van der Waals surface area (Å²) in [5.74, 6) is 2.11. The largest absolute Gasteiger partial charge is 0.494 e. The normalized spacial score (nSPS) is 23.5. The quantitative estimate of drug-likeness (QED) is 0.560. The van der Waals surface area contributed by atoms with Gasteiger partial charge in [-0.25, -0.2) is 9.97 Å². The highest BCUT2D eigenvalue weighted by Gasteiger charge is 2.44. The molecule has 0 amide bonds. The summed E-state index contributed by atoms with van der Waals surface area (Å²) >= 11 is 0. The average molecular weight is 404 g/mol. The van der Waals surface area contributed by atoms with Gasteiger partial charge in [-0.05, 0) is 37.8 Å². The Balaban J connectivity index is 1.47. The number of nitrogen functional groups attached to an aromatic ring is 1. The number of methoxy groups -OCH3 is 1. The van der Waals surface area contributed by atoms with Gasteiger partial charge >= 0.3 is 0 Å². The highest BCUT2D eigenvalue weighted by molar-refractivity contribution is 5.95. The van der Waals surface area contributed by atoms with Gasteiger partial charge in [0.2, 0.25) is 5.95 Å². The highest BCUT2D eigenvalue weighted by Crippen LogP contribution is 2.45. The second-order valence-electron chi connectivity index (χ2n) is 8.29. The van der Waals surface area contributed by atoms with Crippen molar-refractivity contribution in [2.75, 3.05) is 17.7 Å². The molecule has 0 spiro atoms. The topological polar surface area (TPSA) is 99.4 Å². The third-order valence-electron chi connectivity index (χ3n) is 6.67. The van der Waals surface area contributed by atoms with E-state index in [-0.39, 0.29) is 5.92 Å². The van der Waals surface area contributed by atoms with Crippen molar-refractivity contribution in [1.82, 2.24) is 29.4 Å². The van der Waals surface area contributed by atoms with E-state index in [2.05, 4.69) is 21.2 Å². The van der Waals surface area contributed by atoms with Gasteiger partial charge in [-0.1, -0.05) is 6.07 Å². The standard InChI is InChI=1S/C21H24N8O/c1-27-11-13(10-23-27)28-12-6-8-14(16(28)9-7-12)19-25-20-15-4-3-5-17(30-2)18(15)24-21(22)29(20)26-19/h3-5,10-12,14,16H,6-9H2,1-2H3,(H2,22,24). The number of aryl methyl sites for hydroxylation is 1. The first-order valence-corrected chi connectivity index (χ1v) is 10.4. The van der Waals surface area contributed by atoms with Crippen molar-refractivity contribution in [3.05, 3.63) is 36.4 Å². The number of benzene rings is 1. The summed E-state index contributed by atoms with van der Waals surface area (Å²) in [6, 6.07) is 6.77. The van der Waals surface area contributed by atoms with Gasteiger partial charge < -0.3 is 15.4 Å². The van der Waals surface area contributed by atoms with Gasteiger partial charge in [0.1, 0.15) is 11.3 Å². The molecule has 6 rings (SSSR count). The molecule has 3 aromatic heterocycles. The maximum Gasteiger partial charge on any atom is 0.223 e. The molecule has 0 radical (unpaired) electrons. The van der Waals surface area contributed by atoms with Crippen molar-refractivity contribution < 1.29 is 4.74 Å². The van der Waals surface area contributed by atoms with Gasteiger partial charge in [-0.3, -0.25) is 4.68 Å². The second kappa shape index (κ2) is 6.32. The molecule has 5 heterocycles. The maximum atomic E-state index is 6.26. The van der Waals surface area contributed by atoms with E-state index < -0.39 is 0 Å². The molecule has 2 fully saturated rings. The lowest BCUT2D eigenvalue weighted by Crippen LogP contribution is -2.44. The average Bonchev–Trinajstić information content (AvgIpc) is 3.45. The van der Waals surface area contributed by atoms with E-state index in [1.54, 1.807) is 11.6 Å². The molecule has 3 unspecified atom stereocenters. The van der Waals surface area contributed by atoms with Gasteiger partial charge in [-0.2, -0.15) is 9.61 Å². The van der Waals surface area contributed by atoms with Gasteiger partial charge in [0.15, 0.2) is 11.5 Å². The Labute approximate surface area is 173 Å². The number of anilines is 2. The molecule has 0 aliphatic carbocycles. The van der Waals surface area contributed by atoms with Gasteiger partial charge in [0.25, 0.3) is 0 Å². The first kappa shape index (κ1) is 17.5. The van der Waals surface area contributed by atoms with E-state index in [9.17, 15) is 0 Å². The van der Waals surface area contributed by atoms with E-state index in [1.165, 1.54) is 12.1 Å². The van der Waals surface area contributed by atoms with Gasteiger partial charge in [0.05, 0.1) is 19.0 Å². The minimum Gasteiger partial charge on any atom is -0.494 e. The lowest BCUT2D eigenvalue weighted by atomic mass is 9.89. The fraction of sp³-hybridized carbons (Fsp3) is 0.429. The molecule has 4 aromatic rings. The lowest BCUT2D eigenvalue weighted by Gasteiger charge is -2.39. The Kier molecular flexibility index (Phi) is 3.68. The van der Waals surface area contributed by atoms with Crippen LogP contribution in [0, 0.1) is 0 Å². The SMILES string of the molecule is COc1cccc2c1nc(N)n1nc(C3CCC4CCC3N4c3cnn(C)c3)nc21. The van der Waals surface area contributed by atoms with E-state index in [0.29, 0.717) is 29.3 Å². The Hall–Kier alpha value is -3.36. The molecule has 2 aliphatic rings. The molecule has 2 saturated heterocycles. The summed E-state index contributed by atoms with van der Waals surface area (Å²) in [6.45, 7) is 0. The zero-order valence-corrected chi connectivity index (χ0v) is 17.1. The summed E-state index contributed by atoms with van der Waals surface area (Å²) in [5.41, 5.74) is 8.90. The number of fused-ring (bicyclic) bond motifs is 5. The number of para-hydroxylation sites is 1. The monoisotopic (exact) mass is 404 g/mol. The number of nitrogens with zero attached hydrogens (tertiary/aromatic N) is 7. The summed E-state index contributed by atoms with van der Waals surface area (Å²) in [4.78, 5) is 12.1. The van der Waals surface area contributed by atoms with Crippen LogP contribution in [0.15, 0.2) is 30.6 Å². The van der Waals surface area contributed by atoms with Crippen molar-refractivity contribution in [1.29, 1.82) is 0 Å². The predicted molar refractivity (Wildman–Crippen MR) is 114 cm³/mol. The van der Waals surface area contributed by atoms with Crippen molar-refractivity contribution >= 4 is 28.2 Å². The Morgan fingerprint density at radius 2 is 2.00 bits per heavy atom. The fourth-order valence-electron chi connectivity index (χ4n) is 5.36. The number of piperidine rings is 1. The van der Waals surface area contributed by atoms with Crippen LogP contribution >= 0.6 is 0 Å². The molecule has 9 nitrogen and oxygen atoms in total. The first-order chi connectivity index (χ1) is 14.6. The zero-order valence-electron chi connectivity index (χ0n) is 17.1. The molecule has 1 aromatic carbocycles. The summed E-state index contributed by atoms with van der Waals surface area (Å²) in [6.07, 6.45) is 8.62. The molecule has 2 bridgehead atoms. The number of hydrogen-bond donors (Lipinski definition) is 1. The third-order valence-corrected chi connectivity index (χ3v) is 6.67. The van der Waals surface area contributed by atoms with Crippen LogP contribution in [-0.4, -0.2) is 48.6 Å². The molecule has 154 valence electrons. The smallest absolute Gasteiger partial charge is 0.223 e. The number of aromatic nitrogens is 6. The van der Waals surface area contributed by atoms with Crippen molar-refractivity contribution in [2.24, 2.45) is 7.05 Å². The summed E-state index contributed by atoms with van der Waals surface area (Å²) in [7, 11) is 3.60. The first-order valence-electron chi connectivity index (χ1n) is 10.4. The van der Waals surface area contributed by atoms with Crippen LogP contribution < -0.4 is 15.4 Å². The highest BCUT2D eigenvalue weighted by atomic mass is 16.5. The molecule has 3 atom stereocenters. The molecule has 2 aliphatic heterocycles. The van der Waals surface area contributed by atoms with Crippen LogP contribution in [0.2, 0.25) is 0 Å². The Morgan fingerprint density at radius 1 is 1.13 bits per heavy atom. The van der Waals surface area contributed by atoms with E-state index in [4.69, 9.17) is 20.6 Å². The fourth-order valence-corrected chi connectivity index (χ4v) is 5.36. The minimum atomic E-state index is 0.254. The van der Waals surface area contributed by atoms with E-state index in [0.717, 1.165) is 36.1 Å². The number of ether oxygens (including phenoxy) is 1. The third kappa shape index (κ3) is 2.41. The van der Waals surface area contributed by atoms with Crippen LogP contribution in [0.5, 0.6) is 5.75 Å². The summed E-state index contributed by atoms with van der Waals surface area (Å²) < 4.78 is 9.01. The molecule has 0 saturated carbocycles. The summed E-state index contributed by atoms with van der Waals surface area (Å²) in [5, 5.41) is 10.1. The van der Waals surface area contributed by atoms with Crippen LogP contribution in [-0.2, 0) is 7.05 Å². The van der Waals surface area contributed by atoms with E-state index in [1.807, 2.05) is 36.1 Å². The van der Waals surface area contributed by atoms with Crippen molar-refractivity contribution in [3.63, 3.8) is 0 Å². The van der Waals surface area contributed by atoms with Crippen LogP contribution in [0.1, 0.15) is 37.4 Å².